The molecule has 1 nitrogen and oxygen atoms in total. The Kier molecular flexibility index (Phi) is 2.37. The maximum atomic E-state index is 12.1. The first-order chi connectivity index (χ1) is 7.86. The Morgan fingerprint density at radius 1 is 1.19 bits per heavy atom. The summed E-state index contributed by atoms with van der Waals surface area (Å²) in [6, 6.07) is 12.3. The van der Waals surface area contributed by atoms with Crippen LogP contribution in [0.2, 0.25) is 0 Å². The van der Waals surface area contributed by atoms with Gasteiger partial charge in [-0.1, -0.05) is 30.3 Å². The van der Waals surface area contributed by atoms with Gasteiger partial charge in [-0.3, -0.25) is 4.79 Å². The minimum Gasteiger partial charge on any atom is -0.294 e. The molecule has 1 aliphatic rings. The summed E-state index contributed by atoms with van der Waals surface area (Å²) in [6.07, 6.45) is 1.01. The molecule has 0 saturated heterocycles. The van der Waals surface area contributed by atoms with Crippen LogP contribution >= 0.6 is 11.3 Å². The van der Waals surface area contributed by atoms with E-state index >= 15 is 0 Å². The number of thiophene rings is 1. The molecule has 0 bridgehead atoms. The van der Waals surface area contributed by atoms with Gasteiger partial charge in [0.1, 0.15) is 0 Å². The molecule has 3 rings (SSSR count). The van der Waals surface area contributed by atoms with Gasteiger partial charge in [0.05, 0.1) is 0 Å². The largest absolute Gasteiger partial charge is 0.294 e. The van der Waals surface area contributed by atoms with Crippen molar-refractivity contribution in [2.24, 2.45) is 5.92 Å². The van der Waals surface area contributed by atoms with Gasteiger partial charge in [-0.2, -0.15) is 11.3 Å². The van der Waals surface area contributed by atoms with Crippen molar-refractivity contribution >= 4 is 17.1 Å². The fraction of sp³-hybridized carbons (Fsp3) is 0.214. The van der Waals surface area contributed by atoms with Gasteiger partial charge in [0.15, 0.2) is 5.78 Å². The van der Waals surface area contributed by atoms with E-state index in [9.17, 15) is 4.79 Å². The van der Waals surface area contributed by atoms with Crippen LogP contribution in [0.5, 0.6) is 0 Å². The molecule has 16 heavy (non-hydrogen) atoms. The zero-order chi connectivity index (χ0) is 11.0. The first-order valence-electron chi connectivity index (χ1n) is 5.47. The van der Waals surface area contributed by atoms with Crippen molar-refractivity contribution in [1.82, 2.24) is 0 Å². The number of ketones is 1. The van der Waals surface area contributed by atoms with Crippen molar-refractivity contribution in [1.29, 1.82) is 0 Å². The highest BCUT2D eigenvalue weighted by Gasteiger charge is 2.43. The van der Waals surface area contributed by atoms with Crippen LogP contribution in [0.1, 0.15) is 28.3 Å². The lowest BCUT2D eigenvalue weighted by Gasteiger charge is -1.98. The van der Waals surface area contributed by atoms with Crippen LogP contribution in [0.3, 0.4) is 0 Å². The molecule has 1 saturated carbocycles. The Balaban J connectivity index is 1.75. The number of benzene rings is 1. The average molecular weight is 228 g/mol. The minimum absolute atomic E-state index is 0.219. The summed E-state index contributed by atoms with van der Waals surface area (Å²) in [5.74, 6) is 0.987. The Labute approximate surface area is 98.7 Å². The summed E-state index contributed by atoms with van der Waals surface area (Å²) in [6.45, 7) is 0. The van der Waals surface area contributed by atoms with Crippen molar-refractivity contribution in [3.63, 3.8) is 0 Å². The van der Waals surface area contributed by atoms with Crippen LogP contribution in [0.25, 0.3) is 0 Å². The minimum atomic E-state index is 0.219. The van der Waals surface area contributed by atoms with E-state index in [0.29, 0.717) is 11.7 Å². The Morgan fingerprint density at radius 2 is 2.00 bits per heavy atom. The lowest BCUT2D eigenvalue weighted by molar-refractivity contribution is 0.0965. The molecule has 2 atom stereocenters. The monoisotopic (exact) mass is 228 g/mol. The summed E-state index contributed by atoms with van der Waals surface area (Å²) >= 11 is 1.59. The summed E-state index contributed by atoms with van der Waals surface area (Å²) in [5, 5.41) is 3.91. The van der Waals surface area contributed by atoms with Crippen molar-refractivity contribution in [2.75, 3.05) is 0 Å². The number of hydrogen-bond donors (Lipinski definition) is 0. The summed E-state index contributed by atoms with van der Waals surface area (Å²) in [4.78, 5) is 12.1. The second-order valence-corrected chi connectivity index (χ2v) is 5.02. The van der Waals surface area contributed by atoms with E-state index in [1.54, 1.807) is 11.3 Å². The van der Waals surface area contributed by atoms with E-state index in [-0.39, 0.29) is 5.92 Å². The highest BCUT2D eigenvalue weighted by molar-refractivity contribution is 7.08. The van der Waals surface area contributed by atoms with E-state index in [1.165, 1.54) is 5.56 Å². The Morgan fingerprint density at radius 3 is 2.69 bits per heavy atom. The highest BCUT2D eigenvalue weighted by atomic mass is 32.1. The number of hydrogen-bond acceptors (Lipinski definition) is 2. The SMILES string of the molecule is O=C(c1ccsc1)C1CC1c1ccccc1. The molecular weight excluding hydrogens is 216 g/mol. The predicted octanol–water partition coefficient (Wildman–Crippen LogP) is 3.73. The van der Waals surface area contributed by atoms with Gasteiger partial charge < -0.3 is 0 Å². The van der Waals surface area contributed by atoms with Gasteiger partial charge in [0.25, 0.3) is 0 Å². The molecule has 1 fully saturated rings. The van der Waals surface area contributed by atoms with Crippen molar-refractivity contribution in [3.8, 4) is 0 Å². The van der Waals surface area contributed by atoms with E-state index in [0.717, 1.165) is 12.0 Å². The fourth-order valence-corrected chi connectivity index (χ4v) is 2.82. The van der Waals surface area contributed by atoms with Crippen LogP contribution in [-0.4, -0.2) is 5.78 Å². The average Bonchev–Trinajstić information content (AvgIpc) is 2.95. The summed E-state index contributed by atoms with van der Waals surface area (Å²) in [5.41, 5.74) is 2.18. The van der Waals surface area contributed by atoms with Crippen LogP contribution < -0.4 is 0 Å². The van der Waals surface area contributed by atoms with Crippen molar-refractivity contribution in [2.45, 2.75) is 12.3 Å². The van der Waals surface area contributed by atoms with Gasteiger partial charge in [0.2, 0.25) is 0 Å². The van der Waals surface area contributed by atoms with Crippen LogP contribution in [0.4, 0.5) is 0 Å². The van der Waals surface area contributed by atoms with Crippen LogP contribution in [-0.2, 0) is 0 Å². The molecule has 2 heteroatoms. The molecule has 2 aromatic rings. The van der Waals surface area contributed by atoms with Crippen LogP contribution in [0.15, 0.2) is 47.2 Å². The molecule has 0 aliphatic heterocycles. The molecule has 0 amide bonds. The maximum Gasteiger partial charge on any atom is 0.167 e. The zero-order valence-electron chi connectivity index (χ0n) is 8.80. The molecule has 0 N–H and O–H groups in total. The lowest BCUT2D eigenvalue weighted by atomic mass is 10.1. The van der Waals surface area contributed by atoms with E-state index < -0.39 is 0 Å². The Bertz CT molecular complexity index is 487. The van der Waals surface area contributed by atoms with E-state index in [2.05, 4.69) is 12.1 Å². The second-order valence-electron chi connectivity index (χ2n) is 4.24. The quantitative estimate of drug-likeness (QED) is 0.731. The van der Waals surface area contributed by atoms with Gasteiger partial charge in [-0.25, -0.2) is 0 Å². The topological polar surface area (TPSA) is 17.1 Å². The van der Waals surface area contributed by atoms with E-state index in [4.69, 9.17) is 0 Å². The molecule has 1 aromatic carbocycles. The standard InChI is InChI=1S/C14H12OS/c15-14(11-6-7-16-9-11)13-8-12(13)10-4-2-1-3-5-10/h1-7,9,12-13H,8H2. The van der Waals surface area contributed by atoms with Gasteiger partial charge in [-0.05, 0) is 29.3 Å². The lowest BCUT2D eigenvalue weighted by Crippen LogP contribution is -2.01. The number of Topliss-reactive ketones (excluding diaryl/α,β-unsaturated/α-hetero) is 1. The third-order valence-electron chi connectivity index (χ3n) is 3.16. The smallest absolute Gasteiger partial charge is 0.167 e. The highest BCUT2D eigenvalue weighted by Crippen LogP contribution is 2.49. The van der Waals surface area contributed by atoms with Gasteiger partial charge in [-0.15, -0.1) is 0 Å². The predicted molar refractivity (Wildman–Crippen MR) is 65.9 cm³/mol. The second kappa shape index (κ2) is 3.87. The third kappa shape index (κ3) is 1.69. The van der Waals surface area contributed by atoms with Crippen LogP contribution in [0, 0.1) is 5.92 Å². The molecule has 1 heterocycles. The molecular formula is C14H12OS. The van der Waals surface area contributed by atoms with Gasteiger partial charge in [0, 0.05) is 16.9 Å². The van der Waals surface area contributed by atoms with Crippen molar-refractivity contribution < 1.29 is 4.79 Å². The summed E-state index contributed by atoms with van der Waals surface area (Å²) < 4.78 is 0. The fourth-order valence-electron chi connectivity index (χ4n) is 2.17. The number of rotatable bonds is 3. The molecule has 2 unspecified atom stereocenters. The maximum absolute atomic E-state index is 12.1. The van der Waals surface area contributed by atoms with Gasteiger partial charge >= 0.3 is 0 Å². The first-order valence-corrected chi connectivity index (χ1v) is 6.42. The molecule has 1 aromatic heterocycles. The molecule has 80 valence electrons. The third-order valence-corrected chi connectivity index (χ3v) is 3.84. The molecule has 1 aliphatic carbocycles. The van der Waals surface area contributed by atoms with Crippen molar-refractivity contribution in [3.05, 3.63) is 58.3 Å². The number of carbonyl (C=O) groups is 1. The molecule has 0 radical (unpaired) electrons. The molecule has 0 spiro atoms. The zero-order valence-corrected chi connectivity index (χ0v) is 9.61. The normalized spacial score (nSPS) is 23.0. The summed E-state index contributed by atoms with van der Waals surface area (Å²) in [7, 11) is 0. The van der Waals surface area contributed by atoms with E-state index in [1.807, 2.05) is 35.0 Å². The number of carbonyl (C=O) groups excluding carboxylic acids is 1. The first kappa shape index (κ1) is 9.79. The Hall–Kier alpha value is -1.41.